The molecule has 3 aromatic rings. The maximum absolute atomic E-state index is 16.2. The summed E-state index contributed by atoms with van der Waals surface area (Å²) in [6.07, 6.45) is 1.70. The number of benzene rings is 3. The number of ether oxygens (including phenoxy) is 1. The summed E-state index contributed by atoms with van der Waals surface area (Å²) in [7, 11) is 1.35. The maximum atomic E-state index is 16.2. The molecule has 0 saturated carbocycles. The molecule has 1 N–H and O–H groups in total. The summed E-state index contributed by atoms with van der Waals surface area (Å²) in [5.74, 6) is -4.23. The first-order valence-corrected chi connectivity index (χ1v) is 16.3. The molecule has 47 heavy (non-hydrogen) atoms. The second-order valence-corrected chi connectivity index (χ2v) is 14.3. The minimum Gasteiger partial charge on any atom is -0.496 e. The second kappa shape index (κ2) is 13.1. The van der Waals surface area contributed by atoms with E-state index in [1.165, 1.54) is 43.5 Å². The molecule has 1 amide bonds. The van der Waals surface area contributed by atoms with E-state index in [2.05, 4.69) is 6.07 Å². The van der Waals surface area contributed by atoms with Crippen molar-refractivity contribution < 1.29 is 28.2 Å². The van der Waals surface area contributed by atoms with Gasteiger partial charge >= 0.3 is 5.97 Å². The third-order valence-electron chi connectivity index (χ3n) is 9.34. The highest BCUT2D eigenvalue weighted by atomic mass is 35.5. The Kier molecular flexibility index (Phi) is 9.62. The number of carbonyl (C=O) groups is 2. The lowest BCUT2D eigenvalue weighted by atomic mass is 9.62. The number of carboxylic acid groups (broad SMARTS) is 1. The smallest absolute Gasteiger partial charge is 0.339 e. The molecule has 0 bridgehead atoms. The van der Waals surface area contributed by atoms with E-state index in [1.807, 2.05) is 32.6 Å². The first-order chi connectivity index (χ1) is 22.2. The standard InChI is InChI=1S/C36H37Cl2F2N3O4/c1-6-7-11-29-42(21-13-14-22(34(45)46)27(17-21)47-5)33(44)32-30(23-9-8-10-25(38)31(23)40)36(19-41,24-15-12-20(37)16-26(24)39)28(43(29)32)18-35(2,3)4/h8-10,12-17,28-30,32H,6-7,11,18H2,1-5H3,(H,45,46)/t28-,29?,30-,32+,36-/m0/s1. The second-order valence-electron chi connectivity index (χ2n) is 13.4. The highest BCUT2D eigenvalue weighted by Crippen LogP contribution is 2.60. The van der Waals surface area contributed by atoms with Gasteiger partial charge in [0.05, 0.1) is 24.4 Å². The Morgan fingerprint density at radius 3 is 2.45 bits per heavy atom. The summed E-state index contributed by atoms with van der Waals surface area (Å²) >= 11 is 12.5. The first-order valence-electron chi connectivity index (χ1n) is 15.5. The molecule has 0 aromatic heterocycles. The van der Waals surface area contributed by atoms with Crippen molar-refractivity contribution >= 4 is 40.8 Å². The normalized spacial score (nSPS) is 24.3. The molecule has 0 radical (unpaired) electrons. The van der Waals surface area contributed by atoms with Gasteiger partial charge in [-0.15, -0.1) is 0 Å². The van der Waals surface area contributed by atoms with Crippen LogP contribution in [0.15, 0.2) is 54.6 Å². The number of carboxylic acids is 1. The zero-order valence-corrected chi connectivity index (χ0v) is 28.4. The number of methoxy groups -OCH3 is 1. The average Bonchev–Trinajstić information content (AvgIpc) is 3.45. The zero-order chi connectivity index (χ0) is 34.4. The number of halogens is 4. The summed E-state index contributed by atoms with van der Waals surface area (Å²) in [6, 6.07) is 13.6. The van der Waals surface area contributed by atoms with Gasteiger partial charge in [0.15, 0.2) is 0 Å². The summed E-state index contributed by atoms with van der Waals surface area (Å²) in [4.78, 5) is 30.4. The third-order valence-corrected chi connectivity index (χ3v) is 9.87. The van der Waals surface area contributed by atoms with Gasteiger partial charge < -0.3 is 9.84 Å². The Balaban J connectivity index is 1.85. The van der Waals surface area contributed by atoms with Crippen LogP contribution < -0.4 is 9.64 Å². The Morgan fingerprint density at radius 2 is 1.85 bits per heavy atom. The minimum atomic E-state index is -1.74. The SMILES string of the molecule is CCCCC1N(c2ccc(C(=O)O)c(OC)c2)C(=O)[C@H]2[C@H](c3cccc(Cl)c3F)[C@@](C#N)(c3ccc(Cl)cc3F)[C@H](CC(C)(C)C)N12. The van der Waals surface area contributed by atoms with Crippen LogP contribution in [0.1, 0.15) is 80.8 Å². The van der Waals surface area contributed by atoms with Gasteiger partial charge in [0, 0.05) is 34.3 Å². The zero-order valence-electron chi connectivity index (χ0n) is 26.9. The number of carbonyl (C=O) groups excluding carboxylic acids is 1. The molecule has 2 aliphatic rings. The maximum Gasteiger partial charge on any atom is 0.339 e. The van der Waals surface area contributed by atoms with Gasteiger partial charge in [-0.2, -0.15) is 5.26 Å². The van der Waals surface area contributed by atoms with E-state index in [9.17, 15) is 20.0 Å². The Labute approximate surface area is 283 Å². The number of nitrogens with zero attached hydrogens (tertiary/aromatic N) is 3. The number of hydrogen-bond acceptors (Lipinski definition) is 5. The molecule has 5 rings (SSSR count). The van der Waals surface area contributed by atoms with E-state index in [4.69, 9.17) is 27.9 Å². The fourth-order valence-corrected chi connectivity index (χ4v) is 7.85. The molecule has 3 aromatic carbocycles. The average molecular weight is 685 g/mol. The number of rotatable bonds is 9. The number of unbranched alkanes of at least 4 members (excludes halogenated alkanes) is 1. The number of aromatic carboxylic acids is 1. The molecular formula is C36H37Cl2F2N3O4. The molecule has 0 spiro atoms. The van der Waals surface area contributed by atoms with Gasteiger partial charge in [0.1, 0.15) is 34.4 Å². The van der Waals surface area contributed by atoms with Crippen molar-refractivity contribution in [3.63, 3.8) is 0 Å². The highest BCUT2D eigenvalue weighted by molar-refractivity contribution is 6.31. The van der Waals surface area contributed by atoms with Gasteiger partial charge in [0.2, 0.25) is 5.91 Å². The van der Waals surface area contributed by atoms with Crippen molar-refractivity contribution in [1.82, 2.24) is 4.90 Å². The molecule has 1 unspecified atom stereocenters. The van der Waals surface area contributed by atoms with Crippen molar-refractivity contribution in [2.45, 2.75) is 83.0 Å². The molecule has 5 atom stereocenters. The van der Waals surface area contributed by atoms with E-state index >= 15 is 8.78 Å². The fourth-order valence-electron chi connectivity index (χ4n) is 7.51. The fraction of sp³-hybridized carbons (Fsp3) is 0.417. The number of anilines is 1. The number of hydrogen-bond donors (Lipinski definition) is 1. The van der Waals surface area contributed by atoms with Crippen LogP contribution in [0.4, 0.5) is 14.5 Å². The van der Waals surface area contributed by atoms with Crippen molar-refractivity contribution in [3.05, 3.63) is 93.0 Å². The van der Waals surface area contributed by atoms with Crippen LogP contribution in [-0.2, 0) is 10.2 Å². The van der Waals surface area contributed by atoms with Crippen molar-refractivity contribution in [2.24, 2.45) is 5.41 Å². The van der Waals surface area contributed by atoms with E-state index in [0.29, 0.717) is 24.9 Å². The van der Waals surface area contributed by atoms with Crippen LogP contribution in [0.2, 0.25) is 10.0 Å². The van der Waals surface area contributed by atoms with Gasteiger partial charge in [-0.25, -0.2) is 13.6 Å². The number of amides is 1. The molecule has 7 nitrogen and oxygen atoms in total. The van der Waals surface area contributed by atoms with Crippen molar-refractivity contribution in [3.8, 4) is 11.8 Å². The minimum absolute atomic E-state index is 0.0264. The van der Waals surface area contributed by atoms with Crippen LogP contribution >= 0.6 is 23.2 Å². The quantitative estimate of drug-likeness (QED) is 0.243. The van der Waals surface area contributed by atoms with Crippen LogP contribution in [0.25, 0.3) is 0 Å². The Morgan fingerprint density at radius 1 is 1.13 bits per heavy atom. The topological polar surface area (TPSA) is 93.9 Å². The van der Waals surface area contributed by atoms with E-state index in [1.54, 1.807) is 17.0 Å². The molecule has 248 valence electrons. The molecule has 2 aliphatic heterocycles. The van der Waals surface area contributed by atoms with Gasteiger partial charge in [-0.1, -0.05) is 81.9 Å². The summed E-state index contributed by atoms with van der Waals surface area (Å²) in [5, 5.41) is 21.0. The highest BCUT2D eigenvalue weighted by Gasteiger charge is 2.69. The van der Waals surface area contributed by atoms with E-state index < -0.39 is 58.5 Å². The molecular weight excluding hydrogens is 647 g/mol. The predicted octanol–water partition coefficient (Wildman–Crippen LogP) is 8.58. The summed E-state index contributed by atoms with van der Waals surface area (Å²) in [5.41, 5.74) is -1.77. The van der Waals surface area contributed by atoms with Gasteiger partial charge in [-0.3, -0.25) is 14.6 Å². The van der Waals surface area contributed by atoms with Crippen LogP contribution in [0, 0.1) is 28.4 Å². The monoisotopic (exact) mass is 683 g/mol. The lowest BCUT2D eigenvalue weighted by Crippen LogP contribution is -2.52. The van der Waals surface area contributed by atoms with Crippen LogP contribution in [0.5, 0.6) is 5.75 Å². The first kappa shape index (κ1) is 34.6. The van der Waals surface area contributed by atoms with Gasteiger partial charge in [0.25, 0.3) is 0 Å². The molecule has 2 saturated heterocycles. The third kappa shape index (κ3) is 5.85. The summed E-state index contributed by atoms with van der Waals surface area (Å²) in [6.45, 7) is 8.03. The Hall–Kier alpha value is -3.71. The summed E-state index contributed by atoms with van der Waals surface area (Å²) < 4.78 is 37.8. The lowest BCUT2D eigenvalue weighted by Gasteiger charge is -2.42. The number of nitriles is 1. The molecule has 2 heterocycles. The molecule has 0 aliphatic carbocycles. The van der Waals surface area contributed by atoms with Crippen LogP contribution in [-0.4, -0.2) is 47.2 Å². The largest absolute Gasteiger partial charge is 0.496 e. The lowest BCUT2D eigenvalue weighted by molar-refractivity contribution is -0.119. The number of fused-ring (bicyclic) bond motifs is 1. The van der Waals surface area contributed by atoms with Gasteiger partial charge in [-0.05, 0) is 54.2 Å². The molecule has 11 heteroatoms. The Bertz CT molecular complexity index is 1760. The van der Waals surface area contributed by atoms with E-state index in [-0.39, 0.29) is 32.5 Å². The van der Waals surface area contributed by atoms with E-state index in [0.717, 1.165) is 12.5 Å². The van der Waals surface area contributed by atoms with Crippen molar-refractivity contribution in [2.75, 3.05) is 12.0 Å². The van der Waals surface area contributed by atoms with Crippen LogP contribution in [0.3, 0.4) is 0 Å². The van der Waals surface area contributed by atoms with Crippen molar-refractivity contribution in [1.29, 1.82) is 5.26 Å². The predicted molar refractivity (Wildman–Crippen MR) is 177 cm³/mol. The molecule has 2 fully saturated rings.